The highest BCUT2D eigenvalue weighted by Gasteiger charge is 2.19. The molecule has 1 atom stereocenters. The Morgan fingerprint density at radius 2 is 1.76 bits per heavy atom. The zero-order valence-electron chi connectivity index (χ0n) is 13.2. The predicted molar refractivity (Wildman–Crippen MR) is 89.7 cm³/mol. The fraction of sp³-hybridized carbons (Fsp3) is 0.368. The number of nitrogens with zero attached hydrogens (tertiary/aromatic N) is 1. The molecule has 0 radical (unpaired) electrons. The molecule has 0 aromatic heterocycles. The summed E-state index contributed by atoms with van der Waals surface area (Å²) in [4.78, 5) is 2.52. The lowest BCUT2D eigenvalue weighted by Crippen LogP contribution is -2.35. The molecule has 1 aliphatic heterocycles. The molecular formula is C19H24N2. The molecule has 1 unspecified atom stereocenters. The Labute approximate surface area is 127 Å². The van der Waals surface area contributed by atoms with Crippen LogP contribution < -0.4 is 10.2 Å². The zero-order chi connectivity index (χ0) is 14.8. The van der Waals surface area contributed by atoms with E-state index in [-0.39, 0.29) is 0 Å². The summed E-state index contributed by atoms with van der Waals surface area (Å²) in [6, 6.07) is 15.8. The molecule has 0 amide bonds. The van der Waals surface area contributed by atoms with Crippen molar-refractivity contribution in [1.29, 1.82) is 0 Å². The normalized spacial score (nSPS) is 18.2. The van der Waals surface area contributed by atoms with Gasteiger partial charge in [-0.2, -0.15) is 0 Å². The van der Waals surface area contributed by atoms with Gasteiger partial charge >= 0.3 is 0 Å². The number of rotatable bonds is 2. The first kappa shape index (κ1) is 14.2. The maximum atomic E-state index is 3.60. The van der Waals surface area contributed by atoms with Crippen LogP contribution in [0.1, 0.15) is 29.2 Å². The molecule has 2 aromatic rings. The average molecular weight is 280 g/mol. The topological polar surface area (TPSA) is 15.3 Å². The summed E-state index contributed by atoms with van der Waals surface area (Å²) >= 11 is 0. The van der Waals surface area contributed by atoms with Gasteiger partial charge in [-0.05, 0) is 49.1 Å². The summed E-state index contributed by atoms with van der Waals surface area (Å²) < 4.78 is 0. The van der Waals surface area contributed by atoms with E-state index in [0.29, 0.717) is 6.04 Å². The second-order valence-corrected chi connectivity index (χ2v) is 6.16. The van der Waals surface area contributed by atoms with Crippen molar-refractivity contribution in [2.24, 2.45) is 0 Å². The molecule has 0 bridgehead atoms. The highest BCUT2D eigenvalue weighted by molar-refractivity contribution is 5.55. The lowest BCUT2D eigenvalue weighted by molar-refractivity contribution is 0.552. The fourth-order valence-corrected chi connectivity index (χ4v) is 3.19. The van der Waals surface area contributed by atoms with Crippen molar-refractivity contribution in [3.8, 4) is 0 Å². The van der Waals surface area contributed by atoms with Crippen molar-refractivity contribution in [3.05, 3.63) is 64.7 Å². The van der Waals surface area contributed by atoms with Crippen LogP contribution in [0.15, 0.2) is 42.5 Å². The highest BCUT2D eigenvalue weighted by atomic mass is 15.2. The molecule has 0 spiro atoms. The molecule has 21 heavy (non-hydrogen) atoms. The third kappa shape index (κ3) is 2.96. The Balaban J connectivity index is 1.97. The van der Waals surface area contributed by atoms with Crippen molar-refractivity contribution >= 4 is 5.69 Å². The van der Waals surface area contributed by atoms with E-state index in [1.165, 1.54) is 27.9 Å². The first-order valence-corrected chi connectivity index (χ1v) is 7.76. The number of hydrogen-bond acceptors (Lipinski definition) is 2. The molecule has 1 N–H and O–H groups in total. The molecule has 2 aromatic carbocycles. The average Bonchev–Trinajstić information content (AvgIpc) is 2.63. The first-order valence-electron chi connectivity index (χ1n) is 7.76. The lowest BCUT2D eigenvalue weighted by atomic mass is 10.0. The van der Waals surface area contributed by atoms with Crippen LogP contribution in [0, 0.1) is 13.8 Å². The smallest absolute Gasteiger partial charge is 0.0435 e. The second-order valence-electron chi connectivity index (χ2n) is 6.16. The summed E-state index contributed by atoms with van der Waals surface area (Å²) in [6.45, 7) is 9.69. The van der Waals surface area contributed by atoms with E-state index < -0.39 is 0 Å². The molecule has 0 fully saturated rings. The minimum absolute atomic E-state index is 0.502. The van der Waals surface area contributed by atoms with Crippen LogP contribution in [-0.4, -0.2) is 12.6 Å². The van der Waals surface area contributed by atoms with Crippen molar-refractivity contribution in [3.63, 3.8) is 0 Å². The summed E-state index contributed by atoms with van der Waals surface area (Å²) in [7, 11) is 0. The number of fused-ring (bicyclic) bond motifs is 1. The molecule has 110 valence electrons. The highest BCUT2D eigenvalue weighted by Crippen LogP contribution is 2.26. The molecule has 2 nitrogen and oxygen atoms in total. The Hall–Kier alpha value is -1.80. The molecule has 0 saturated heterocycles. The maximum Gasteiger partial charge on any atom is 0.0435 e. The van der Waals surface area contributed by atoms with Gasteiger partial charge in [0.05, 0.1) is 0 Å². The van der Waals surface area contributed by atoms with E-state index in [9.17, 15) is 0 Å². The number of hydrogen-bond donors (Lipinski definition) is 1. The standard InChI is InChI=1S/C19H24N2/c1-14-7-6-8-15(2)18(14)13-21-12-16(3)20-11-17-9-4-5-10-19(17)21/h4-10,16,20H,11-13H2,1-3H3. The van der Waals surface area contributed by atoms with Crippen LogP contribution in [0.2, 0.25) is 0 Å². The first-order chi connectivity index (χ1) is 10.1. The minimum Gasteiger partial charge on any atom is -0.365 e. The largest absolute Gasteiger partial charge is 0.365 e. The van der Waals surface area contributed by atoms with E-state index in [0.717, 1.165) is 19.6 Å². The Bertz CT molecular complexity index is 613. The molecule has 3 rings (SSSR count). The van der Waals surface area contributed by atoms with Crippen LogP contribution in [0.4, 0.5) is 5.69 Å². The molecule has 0 saturated carbocycles. The number of benzene rings is 2. The van der Waals surface area contributed by atoms with Crippen LogP contribution in [0.3, 0.4) is 0 Å². The minimum atomic E-state index is 0.502. The number of aryl methyl sites for hydroxylation is 2. The van der Waals surface area contributed by atoms with Gasteiger partial charge in [-0.15, -0.1) is 0 Å². The third-order valence-corrected chi connectivity index (χ3v) is 4.46. The number of anilines is 1. The van der Waals surface area contributed by atoms with E-state index in [4.69, 9.17) is 0 Å². The van der Waals surface area contributed by atoms with Crippen molar-refractivity contribution in [1.82, 2.24) is 5.32 Å². The van der Waals surface area contributed by atoms with Gasteiger partial charge in [-0.25, -0.2) is 0 Å². The van der Waals surface area contributed by atoms with Crippen molar-refractivity contribution in [2.45, 2.75) is 39.9 Å². The molecule has 1 aliphatic rings. The monoisotopic (exact) mass is 280 g/mol. The van der Waals surface area contributed by atoms with Crippen molar-refractivity contribution < 1.29 is 0 Å². The molecule has 0 aliphatic carbocycles. The van der Waals surface area contributed by atoms with Gasteiger partial charge in [-0.3, -0.25) is 0 Å². The van der Waals surface area contributed by atoms with E-state index in [1.54, 1.807) is 0 Å². The quantitative estimate of drug-likeness (QED) is 0.900. The zero-order valence-corrected chi connectivity index (χ0v) is 13.2. The third-order valence-electron chi connectivity index (χ3n) is 4.46. The number of para-hydroxylation sites is 1. The van der Waals surface area contributed by atoms with Crippen molar-refractivity contribution in [2.75, 3.05) is 11.4 Å². The Morgan fingerprint density at radius 3 is 2.52 bits per heavy atom. The van der Waals surface area contributed by atoms with Crippen LogP contribution in [0.5, 0.6) is 0 Å². The maximum absolute atomic E-state index is 3.60. The van der Waals surface area contributed by atoms with Gasteiger partial charge in [0, 0.05) is 31.4 Å². The van der Waals surface area contributed by atoms with Gasteiger partial charge in [0.2, 0.25) is 0 Å². The van der Waals surface area contributed by atoms with Crippen LogP contribution in [0.25, 0.3) is 0 Å². The second kappa shape index (κ2) is 5.90. The van der Waals surface area contributed by atoms with Crippen LogP contribution >= 0.6 is 0 Å². The molecular weight excluding hydrogens is 256 g/mol. The van der Waals surface area contributed by atoms with E-state index >= 15 is 0 Å². The van der Waals surface area contributed by atoms with E-state index in [2.05, 4.69) is 73.5 Å². The molecule has 1 heterocycles. The lowest BCUT2D eigenvalue weighted by Gasteiger charge is -2.28. The summed E-state index contributed by atoms with van der Waals surface area (Å²) in [6.07, 6.45) is 0. The summed E-state index contributed by atoms with van der Waals surface area (Å²) in [5.41, 5.74) is 7.00. The summed E-state index contributed by atoms with van der Waals surface area (Å²) in [5, 5.41) is 3.60. The van der Waals surface area contributed by atoms with Gasteiger partial charge in [0.15, 0.2) is 0 Å². The SMILES string of the molecule is Cc1cccc(C)c1CN1CC(C)NCc2ccccc21. The van der Waals surface area contributed by atoms with Gasteiger partial charge in [-0.1, -0.05) is 36.4 Å². The molecule has 2 heteroatoms. The number of nitrogens with one attached hydrogen (secondary N) is 1. The predicted octanol–water partition coefficient (Wildman–Crippen LogP) is 3.80. The van der Waals surface area contributed by atoms with Gasteiger partial charge in [0.1, 0.15) is 0 Å². The van der Waals surface area contributed by atoms with Gasteiger partial charge in [0.25, 0.3) is 0 Å². The Morgan fingerprint density at radius 1 is 1.05 bits per heavy atom. The van der Waals surface area contributed by atoms with Crippen LogP contribution in [-0.2, 0) is 13.1 Å². The van der Waals surface area contributed by atoms with E-state index in [1.807, 2.05) is 0 Å². The Kier molecular flexibility index (Phi) is 3.98. The van der Waals surface area contributed by atoms with Gasteiger partial charge < -0.3 is 10.2 Å². The summed E-state index contributed by atoms with van der Waals surface area (Å²) in [5.74, 6) is 0. The fourth-order valence-electron chi connectivity index (χ4n) is 3.19.